The van der Waals surface area contributed by atoms with E-state index in [4.69, 9.17) is 0 Å². The van der Waals surface area contributed by atoms with E-state index < -0.39 is 5.41 Å². The predicted molar refractivity (Wildman–Crippen MR) is 267 cm³/mol. The van der Waals surface area contributed by atoms with Crippen LogP contribution in [0.2, 0.25) is 0 Å². The Morgan fingerprint density at radius 1 is 0.359 bits per heavy atom. The molecule has 0 fully saturated rings. The van der Waals surface area contributed by atoms with Crippen LogP contribution < -0.4 is 9.80 Å². The van der Waals surface area contributed by atoms with Crippen LogP contribution in [0.25, 0.3) is 44.2 Å². The molecule has 1 heterocycles. The average Bonchev–Trinajstić information content (AvgIpc) is 3.82. The van der Waals surface area contributed by atoms with Gasteiger partial charge in [-0.05, 0) is 121 Å². The number of para-hydroxylation sites is 2. The Hall–Kier alpha value is -7.94. The van der Waals surface area contributed by atoms with Crippen LogP contribution in [-0.2, 0) is 10.8 Å². The molecule has 10 aromatic carbocycles. The number of rotatable bonds is 5. The minimum Gasteiger partial charge on any atom is -0.308 e. The Labute approximate surface area is 375 Å². The lowest BCUT2D eigenvalue weighted by Crippen LogP contribution is -2.31. The summed E-state index contributed by atoms with van der Waals surface area (Å²) in [5.41, 5.74) is 21.7. The number of fused-ring (bicyclic) bond motifs is 13. The minimum absolute atomic E-state index is 0.256. The smallest absolute Gasteiger partial charge is 0.0781 e. The lowest BCUT2D eigenvalue weighted by Gasteiger charge is -2.44. The fraction of sp³-hybridized carbons (Fsp3) is 0.0645. The van der Waals surface area contributed by atoms with Gasteiger partial charge in [-0.1, -0.05) is 196 Å². The van der Waals surface area contributed by atoms with Crippen molar-refractivity contribution < 1.29 is 0 Å². The number of hydrogen-bond donors (Lipinski definition) is 0. The van der Waals surface area contributed by atoms with Crippen LogP contribution in [0.4, 0.5) is 34.1 Å². The highest BCUT2D eigenvalue weighted by Gasteiger charge is 2.51. The van der Waals surface area contributed by atoms with Gasteiger partial charge in [-0.15, -0.1) is 0 Å². The third-order valence-electron chi connectivity index (χ3n) is 14.4. The van der Waals surface area contributed by atoms with Crippen molar-refractivity contribution in [1.29, 1.82) is 0 Å². The van der Waals surface area contributed by atoms with E-state index in [-0.39, 0.29) is 5.41 Å². The Morgan fingerprint density at radius 3 is 1.59 bits per heavy atom. The summed E-state index contributed by atoms with van der Waals surface area (Å²) >= 11 is 0. The van der Waals surface area contributed by atoms with Gasteiger partial charge in [-0.25, -0.2) is 0 Å². The van der Waals surface area contributed by atoms with E-state index in [0.29, 0.717) is 0 Å². The van der Waals surface area contributed by atoms with Crippen LogP contribution in [0, 0.1) is 0 Å². The van der Waals surface area contributed by atoms with Crippen LogP contribution in [0.5, 0.6) is 0 Å². The fourth-order valence-corrected chi connectivity index (χ4v) is 11.6. The first-order valence-corrected chi connectivity index (χ1v) is 22.4. The SMILES string of the molecule is CC1(C)c2ccccc2N(c2c(N(c3ccccc3)c3ccc4c(c3)C3(c5ccccc5-c5ccccc53)c3ccccc3-4)ccc3ccccc23)c2ccc(-c3ccccc3)cc21. The zero-order valence-corrected chi connectivity index (χ0v) is 35.8. The first-order valence-electron chi connectivity index (χ1n) is 22.4. The van der Waals surface area contributed by atoms with Crippen LogP contribution >= 0.6 is 0 Å². The fourth-order valence-electron chi connectivity index (χ4n) is 11.6. The standard InChI is InChI=1S/C62H44N2/c1-61(2)54-31-17-18-32-57(54)64(58-37-34-43(39-56(58)61)41-19-5-3-6-20-41)60-46-24-10-9-21-42(46)33-38-59(60)63(44-22-7-4-8-23-44)45-35-36-50-49-27-13-16-30-53(49)62(55(50)40-45)51-28-14-11-25-47(51)48-26-12-15-29-52(48)62/h3-40H,1-2H3. The van der Waals surface area contributed by atoms with Crippen molar-refractivity contribution in [2.75, 3.05) is 9.80 Å². The van der Waals surface area contributed by atoms with Crippen molar-refractivity contribution in [3.8, 4) is 33.4 Å². The third kappa shape index (κ3) is 5.02. The molecule has 0 saturated carbocycles. The molecule has 0 N–H and O–H groups in total. The van der Waals surface area contributed by atoms with E-state index in [9.17, 15) is 0 Å². The summed E-state index contributed by atoms with van der Waals surface area (Å²) < 4.78 is 0. The van der Waals surface area contributed by atoms with Gasteiger partial charge in [0.1, 0.15) is 0 Å². The minimum atomic E-state index is -0.462. The molecule has 0 aromatic heterocycles. The Kier molecular flexibility index (Phi) is 7.90. The highest BCUT2D eigenvalue weighted by atomic mass is 15.2. The van der Waals surface area contributed by atoms with Gasteiger partial charge in [0.15, 0.2) is 0 Å². The van der Waals surface area contributed by atoms with Gasteiger partial charge in [0.05, 0.1) is 28.2 Å². The van der Waals surface area contributed by atoms with Crippen LogP contribution in [0.1, 0.15) is 47.2 Å². The maximum atomic E-state index is 2.56. The molecule has 0 radical (unpaired) electrons. The van der Waals surface area contributed by atoms with Gasteiger partial charge in [0.2, 0.25) is 0 Å². The summed E-state index contributed by atoms with van der Waals surface area (Å²) in [4.78, 5) is 5.07. The van der Waals surface area contributed by atoms with Crippen molar-refractivity contribution in [2.24, 2.45) is 0 Å². The highest BCUT2D eigenvalue weighted by Crippen LogP contribution is 2.64. The molecule has 0 saturated heterocycles. The van der Waals surface area contributed by atoms with E-state index in [0.717, 1.165) is 22.7 Å². The largest absolute Gasteiger partial charge is 0.308 e. The summed E-state index contributed by atoms with van der Waals surface area (Å²) in [6.07, 6.45) is 0. The molecule has 2 aliphatic carbocycles. The van der Waals surface area contributed by atoms with Crippen LogP contribution in [-0.4, -0.2) is 0 Å². The topological polar surface area (TPSA) is 6.48 Å². The highest BCUT2D eigenvalue weighted by molar-refractivity contribution is 6.09. The molecule has 2 heteroatoms. The maximum absolute atomic E-state index is 2.56. The normalized spacial score (nSPS) is 14.3. The summed E-state index contributed by atoms with van der Waals surface area (Å²) in [6.45, 7) is 4.77. The van der Waals surface area contributed by atoms with Gasteiger partial charge in [0, 0.05) is 22.2 Å². The maximum Gasteiger partial charge on any atom is 0.0781 e. The van der Waals surface area contributed by atoms with Gasteiger partial charge < -0.3 is 9.80 Å². The molecule has 3 aliphatic rings. The first kappa shape index (κ1) is 36.7. The van der Waals surface area contributed by atoms with E-state index in [1.807, 2.05) is 0 Å². The molecular weight excluding hydrogens is 773 g/mol. The number of nitrogens with zero attached hydrogens (tertiary/aromatic N) is 2. The van der Waals surface area contributed by atoms with Gasteiger partial charge in [-0.2, -0.15) is 0 Å². The zero-order chi connectivity index (χ0) is 42.6. The lowest BCUT2D eigenvalue weighted by atomic mass is 9.70. The average molecular weight is 817 g/mol. The third-order valence-corrected chi connectivity index (χ3v) is 14.4. The summed E-state index contributed by atoms with van der Waals surface area (Å²) in [5.74, 6) is 0. The van der Waals surface area contributed by atoms with Gasteiger partial charge >= 0.3 is 0 Å². The predicted octanol–water partition coefficient (Wildman–Crippen LogP) is 16.4. The number of anilines is 6. The number of hydrogen-bond acceptors (Lipinski definition) is 2. The van der Waals surface area contributed by atoms with Crippen LogP contribution in [0.3, 0.4) is 0 Å². The van der Waals surface area contributed by atoms with E-state index >= 15 is 0 Å². The van der Waals surface area contributed by atoms with E-state index in [1.54, 1.807) is 0 Å². The van der Waals surface area contributed by atoms with Gasteiger partial charge in [0.25, 0.3) is 0 Å². The molecule has 0 amide bonds. The van der Waals surface area contributed by atoms with E-state index in [1.165, 1.54) is 88.9 Å². The summed E-state index contributed by atoms with van der Waals surface area (Å²) in [5, 5.41) is 2.39. The van der Waals surface area contributed by atoms with Crippen molar-refractivity contribution in [2.45, 2.75) is 24.7 Å². The Morgan fingerprint density at radius 2 is 0.906 bits per heavy atom. The molecule has 1 spiro atoms. The Balaban J connectivity index is 1.10. The second kappa shape index (κ2) is 13.8. The van der Waals surface area contributed by atoms with Crippen LogP contribution in [0.15, 0.2) is 231 Å². The lowest BCUT2D eigenvalue weighted by molar-refractivity contribution is 0.632. The first-order chi connectivity index (χ1) is 31.5. The molecule has 13 rings (SSSR count). The molecule has 64 heavy (non-hydrogen) atoms. The van der Waals surface area contributed by atoms with Crippen molar-refractivity contribution in [3.63, 3.8) is 0 Å². The molecule has 10 aromatic rings. The molecule has 302 valence electrons. The molecule has 2 nitrogen and oxygen atoms in total. The Bertz CT molecular complexity index is 3430. The van der Waals surface area contributed by atoms with Crippen molar-refractivity contribution >= 4 is 44.9 Å². The molecule has 0 bridgehead atoms. The monoisotopic (exact) mass is 816 g/mol. The summed E-state index contributed by atoms with van der Waals surface area (Å²) in [6, 6.07) is 85.9. The molecular formula is C62H44N2. The van der Waals surface area contributed by atoms with Crippen molar-refractivity contribution in [1.82, 2.24) is 0 Å². The molecule has 0 unspecified atom stereocenters. The van der Waals surface area contributed by atoms with E-state index in [2.05, 4.69) is 254 Å². The molecule has 1 aliphatic heterocycles. The second-order valence-corrected chi connectivity index (χ2v) is 18.0. The van der Waals surface area contributed by atoms with Gasteiger partial charge in [-0.3, -0.25) is 0 Å². The van der Waals surface area contributed by atoms with Crippen molar-refractivity contribution in [3.05, 3.63) is 264 Å². The molecule has 0 atom stereocenters. The summed E-state index contributed by atoms with van der Waals surface area (Å²) in [7, 11) is 0. The zero-order valence-electron chi connectivity index (χ0n) is 35.8. The quantitative estimate of drug-likeness (QED) is 0.171. The second-order valence-electron chi connectivity index (χ2n) is 18.0. The number of benzene rings is 10.